The fraction of sp³-hybridized carbons (Fsp3) is 0.933. The molecular formula is C30H54Cl2Ti. The Kier molecular flexibility index (Phi) is 15.0. The van der Waals surface area contributed by atoms with Gasteiger partial charge in [0.15, 0.2) is 0 Å². The van der Waals surface area contributed by atoms with Crippen molar-refractivity contribution in [3.05, 3.63) is 12.3 Å². The van der Waals surface area contributed by atoms with E-state index in [0.717, 1.165) is 53.3 Å². The van der Waals surface area contributed by atoms with Crippen molar-refractivity contribution in [2.45, 2.75) is 125 Å². The SMILES string of the molecule is CC(C)[C@@H]1C[C@@H](C)CC[C@@H]1C1CCCC1.CC(C)[C@H]1C[C@H](C)CC[C@H]1[C]1[CH]CCC1.[Cl][Ti][Cl]. The van der Waals surface area contributed by atoms with Gasteiger partial charge in [-0.1, -0.05) is 86.5 Å². The molecule has 0 aromatic rings. The molecule has 4 fully saturated rings. The average molecular weight is 534 g/mol. The molecule has 0 aromatic carbocycles. The van der Waals surface area contributed by atoms with Crippen LogP contribution >= 0.6 is 18.6 Å². The first-order chi connectivity index (χ1) is 15.8. The van der Waals surface area contributed by atoms with E-state index in [0.29, 0.717) is 0 Å². The van der Waals surface area contributed by atoms with Crippen LogP contribution in [0.15, 0.2) is 0 Å². The zero-order chi connectivity index (χ0) is 24.4. The molecule has 4 aliphatic rings. The molecule has 192 valence electrons. The minimum absolute atomic E-state index is 0.556. The summed E-state index contributed by atoms with van der Waals surface area (Å²) in [7, 11) is 9.78. The molecule has 0 heterocycles. The Balaban J connectivity index is 0.000000209. The summed E-state index contributed by atoms with van der Waals surface area (Å²) in [6.45, 7) is 14.6. The molecule has 2 radical (unpaired) electrons. The topological polar surface area (TPSA) is 0 Å². The van der Waals surface area contributed by atoms with Gasteiger partial charge in [0.25, 0.3) is 0 Å². The van der Waals surface area contributed by atoms with Crippen LogP contribution in [0.5, 0.6) is 0 Å². The fourth-order valence-corrected chi connectivity index (χ4v) is 7.84. The molecule has 33 heavy (non-hydrogen) atoms. The summed E-state index contributed by atoms with van der Waals surface area (Å²) in [6, 6.07) is 0. The van der Waals surface area contributed by atoms with Gasteiger partial charge in [-0.3, -0.25) is 0 Å². The summed E-state index contributed by atoms with van der Waals surface area (Å²) in [5, 5.41) is 0. The molecule has 0 amide bonds. The van der Waals surface area contributed by atoms with Gasteiger partial charge in [0, 0.05) is 0 Å². The summed E-state index contributed by atoms with van der Waals surface area (Å²) in [4.78, 5) is 0. The minimum atomic E-state index is -0.556. The van der Waals surface area contributed by atoms with Crippen LogP contribution in [0.4, 0.5) is 0 Å². The predicted octanol–water partition coefficient (Wildman–Crippen LogP) is 10.9. The Hall–Kier alpha value is 1.29. The molecule has 3 heteroatoms. The van der Waals surface area contributed by atoms with E-state index >= 15 is 0 Å². The second-order valence-corrected chi connectivity index (χ2v) is 15.3. The van der Waals surface area contributed by atoms with Crippen LogP contribution in [0.25, 0.3) is 0 Å². The second kappa shape index (κ2) is 16.2. The van der Waals surface area contributed by atoms with Crippen LogP contribution in [-0.4, -0.2) is 0 Å². The summed E-state index contributed by atoms with van der Waals surface area (Å²) < 4.78 is 0. The third-order valence-corrected chi connectivity index (χ3v) is 9.65. The van der Waals surface area contributed by atoms with E-state index in [1.54, 1.807) is 12.8 Å². The quantitative estimate of drug-likeness (QED) is 0.315. The van der Waals surface area contributed by atoms with Gasteiger partial charge in [-0.25, -0.2) is 0 Å². The number of rotatable bonds is 4. The van der Waals surface area contributed by atoms with Crippen LogP contribution in [0.3, 0.4) is 0 Å². The molecule has 0 unspecified atom stereocenters. The first kappa shape index (κ1) is 30.5. The van der Waals surface area contributed by atoms with Crippen molar-refractivity contribution in [1.82, 2.24) is 0 Å². The fourth-order valence-electron chi connectivity index (χ4n) is 7.84. The zero-order valence-corrected chi connectivity index (χ0v) is 25.8. The molecule has 0 aromatic heterocycles. The van der Waals surface area contributed by atoms with Gasteiger partial charge in [-0.05, 0) is 104 Å². The van der Waals surface area contributed by atoms with Crippen LogP contribution in [-0.2, 0) is 17.0 Å². The molecule has 6 atom stereocenters. The summed E-state index contributed by atoms with van der Waals surface area (Å²) in [6.07, 6.45) is 21.8. The Bertz CT molecular complexity index is 452. The second-order valence-electron chi connectivity index (χ2n) is 12.7. The van der Waals surface area contributed by atoms with Crippen molar-refractivity contribution < 1.29 is 17.0 Å². The molecule has 4 aliphatic carbocycles. The van der Waals surface area contributed by atoms with E-state index in [4.69, 9.17) is 18.6 Å². The Morgan fingerprint density at radius 1 is 0.758 bits per heavy atom. The van der Waals surface area contributed by atoms with Crippen molar-refractivity contribution >= 4 is 18.6 Å². The number of hydrogen-bond donors (Lipinski definition) is 0. The van der Waals surface area contributed by atoms with Crippen LogP contribution in [0.2, 0.25) is 0 Å². The summed E-state index contributed by atoms with van der Waals surface area (Å²) >= 11 is -0.556. The van der Waals surface area contributed by atoms with E-state index in [1.165, 1.54) is 70.6 Å². The summed E-state index contributed by atoms with van der Waals surface area (Å²) in [5.74, 6) is 10.7. The van der Waals surface area contributed by atoms with Gasteiger partial charge in [0.05, 0.1) is 0 Å². The van der Waals surface area contributed by atoms with Gasteiger partial charge < -0.3 is 0 Å². The average Bonchev–Trinajstić information content (AvgIpc) is 3.49. The molecule has 4 saturated carbocycles. The van der Waals surface area contributed by atoms with Gasteiger partial charge in [0.2, 0.25) is 0 Å². The summed E-state index contributed by atoms with van der Waals surface area (Å²) in [5.41, 5.74) is 0. The molecule has 4 rings (SSSR count). The van der Waals surface area contributed by atoms with Gasteiger partial charge >= 0.3 is 35.6 Å². The first-order valence-electron chi connectivity index (χ1n) is 14.4. The van der Waals surface area contributed by atoms with E-state index in [1.807, 2.05) is 5.92 Å². The Labute approximate surface area is 225 Å². The van der Waals surface area contributed by atoms with Crippen molar-refractivity contribution in [3.8, 4) is 0 Å². The molecule has 0 N–H and O–H groups in total. The van der Waals surface area contributed by atoms with Crippen LogP contribution in [0.1, 0.15) is 125 Å². The van der Waals surface area contributed by atoms with Crippen LogP contribution in [0, 0.1) is 65.6 Å². The van der Waals surface area contributed by atoms with Crippen LogP contribution < -0.4 is 0 Å². The van der Waals surface area contributed by atoms with Crippen molar-refractivity contribution in [2.75, 3.05) is 0 Å². The molecular weight excluding hydrogens is 479 g/mol. The van der Waals surface area contributed by atoms with Gasteiger partial charge in [-0.15, -0.1) is 0 Å². The maximum absolute atomic E-state index is 4.89. The first-order valence-corrected chi connectivity index (χ1v) is 18.7. The normalized spacial score (nSPS) is 35.7. The van der Waals surface area contributed by atoms with Gasteiger partial charge in [-0.2, -0.15) is 0 Å². The van der Waals surface area contributed by atoms with E-state index < -0.39 is 17.0 Å². The molecule has 0 aliphatic heterocycles. The molecule has 0 spiro atoms. The molecule has 0 bridgehead atoms. The van der Waals surface area contributed by atoms with Gasteiger partial charge in [0.1, 0.15) is 0 Å². The Morgan fingerprint density at radius 2 is 1.30 bits per heavy atom. The molecule has 0 nitrogen and oxygen atoms in total. The van der Waals surface area contributed by atoms with E-state index in [9.17, 15) is 0 Å². The van der Waals surface area contributed by atoms with Crippen molar-refractivity contribution in [1.29, 1.82) is 0 Å². The standard InChI is InChI=1S/C15H28.C15H26.2ClH.Ti/c2*1-11(2)15-10-12(3)8-9-14(15)13-6-4-5-7-13;;;/h11-15H,4-10H2,1-3H3;6,11-12,14-15H,4-5,7-10H2,1-3H3;2*1H;/q;;;;+2/p-2/t2*12-,14+,15-;;;/m01.../s1. The number of hydrogen-bond acceptors (Lipinski definition) is 0. The third kappa shape index (κ3) is 9.93. The van der Waals surface area contributed by atoms with E-state index in [2.05, 4.69) is 48.0 Å². The zero-order valence-electron chi connectivity index (χ0n) is 22.7. The maximum atomic E-state index is 4.89. The van der Waals surface area contributed by atoms with E-state index in [-0.39, 0.29) is 0 Å². The monoisotopic (exact) mass is 532 g/mol. The predicted molar refractivity (Wildman–Crippen MR) is 145 cm³/mol. The molecule has 0 saturated heterocycles. The van der Waals surface area contributed by atoms with Crippen molar-refractivity contribution in [2.24, 2.45) is 53.3 Å². The van der Waals surface area contributed by atoms with Crippen molar-refractivity contribution in [3.63, 3.8) is 0 Å². The number of halogens is 2. The Morgan fingerprint density at radius 3 is 1.82 bits per heavy atom. The third-order valence-electron chi connectivity index (χ3n) is 9.65.